The number of rotatable bonds is 1. The van der Waals surface area contributed by atoms with E-state index in [1.54, 1.807) is 0 Å². The Bertz CT molecular complexity index is 508. The molecule has 1 aromatic rings. The summed E-state index contributed by atoms with van der Waals surface area (Å²) in [5, 5.41) is 0. The molecule has 1 aliphatic carbocycles. The number of aryl methyl sites for hydroxylation is 1. The Balaban J connectivity index is 2.52. The number of carbonyl (C=O) groups is 1. The van der Waals surface area contributed by atoms with Gasteiger partial charge in [0.2, 0.25) is 0 Å². The minimum Gasteiger partial charge on any atom is -0.365 e. The second kappa shape index (κ2) is 3.40. The van der Waals surface area contributed by atoms with E-state index in [4.69, 9.17) is 5.73 Å². The van der Waals surface area contributed by atoms with E-state index < -0.39 is 23.8 Å². The molecule has 0 bridgehead atoms. The van der Waals surface area contributed by atoms with Crippen molar-refractivity contribution < 1.29 is 13.6 Å². The number of carbonyl (C=O) groups excluding carboxylic acids is 1. The molecule has 6 heteroatoms. The van der Waals surface area contributed by atoms with Crippen LogP contribution in [0.15, 0.2) is 10.9 Å². The molecule has 0 fully saturated rings. The number of aromatic nitrogens is 1. The lowest BCUT2D eigenvalue weighted by Crippen LogP contribution is -2.31. The first-order valence-corrected chi connectivity index (χ1v) is 4.82. The summed E-state index contributed by atoms with van der Waals surface area (Å²) in [5.41, 5.74) is 4.86. The summed E-state index contributed by atoms with van der Waals surface area (Å²) in [7, 11) is 0. The molecular formula is C10H10F2N2O2. The topological polar surface area (TPSA) is 76.0 Å². The average molecular weight is 228 g/mol. The second-order valence-corrected chi connectivity index (χ2v) is 3.91. The quantitative estimate of drug-likeness (QED) is 0.738. The van der Waals surface area contributed by atoms with Gasteiger partial charge >= 0.3 is 0 Å². The lowest BCUT2D eigenvalue weighted by molar-refractivity contribution is -0.0128. The maximum atomic E-state index is 13.1. The van der Waals surface area contributed by atoms with E-state index >= 15 is 0 Å². The highest BCUT2D eigenvalue weighted by Crippen LogP contribution is 2.31. The van der Waals surface area contributed by atoms with E-state index in [0.29, 0.717) is 11.3 Å². The molecule has 0 saturated heterocycles. The number of hydrogen-bond donors (Lipinski definition) is 2. The van der Waals surface area contributed by atoms with Gasteiger partial charge in [0.15, 0.2) is 0 Å². The van der Waals surface area contributed by atoms with Crippen LogP contribution in [0.5, 0.6) is 0 Å². The van der Waals surface area contributed by atoms with Crippen molar-refractivity contribution in [3.8, 4) is 0 Å². The number of nitrogens with two attached hydrogens (primary N) is 1. The Hall–Kier alpha value is -1.72. The van der Waals surface area contributed by atoms with Crippen LogP contribution in [0.3, 0.4) is 0 Å². The molecule has 0 unspecified atom stereocenters. The Morgan fingerprint density at radius 2 is 2.19 bits per heavy atom. The zero-order chi connectivity index (χ0) is 11.9. The number of nitrogens with one attached hydrogen (secondary N) is 1. The smallest absolute Gasteiger partial charge is 0.261 e. The number of hydrogen-bond acceptors (Lipinski definition) is 2. The first-order valence-electron chi connectivity index (χ1n) is 4.82. The summed E-state index contributed by atoms with van der Waals surface area (Å²) >= 11 is 0. The highest BCUT2D eigenvalue weighted by atomic mass is 19.3. The lowest BCUT2D eigenvalue weighted by atomic mass is 9.92. The standard InChI is InChI=1S/C10H10F2N2O2/c11-10(12)2-1-7-5(4-10)3-6(8(13)15)9(16)14-7/h3H,1-2,4H2,(H2,13,15)(H,14,16). The number of primary amides is 1. The molecule has 1 amide bonds. The number of H-pyrrole nitrogens is 1. The fourth-order valence-electron chi connectivity index (χ4n) is 1.85. The van der Waals surface area contributed by atoms with Crippen molar-refractivity contribution in [3.05, 3.63) is 33.2 Å². The Labute approximate surface area is 89.5 Å². The highest BCUT2D eigenvalue weighted by molar-refractivity contribution is 5.92. The van der Waals surface area contributed by atoms with Gasteiger partial charge in [-0.1, -0.05) is 0 Å². The van der Waals surface area contributed by atoms with E-state index in [1.165, 1.54) is 6.07 Å². The Morgan fingerprint density at radius 3 is 2.81 bits per heavy atom. The predicted octanol–water partition coefficient (Wildman–Crippen LogP) is 0.598. The monoisotopic (exact) mass is 228 g/mol. The van der Waals surface area contributed by atoms with E-state index in [0.717, 1.165) is 0 Å². The number of halogens is 2. The van der Waals surface area contributed by atoms with Crippen LogP contribution in [0.25, 0.3) is 0 Å². The van der Waals surface area contributed by atoms with E-state index in [-0.39, 0.29) is 18.4 Å². The summed E-state index contributed by atoms with van der Waals surface area (Å²) in [6, 6.07) is 1.17. The Morgan fingerprint density at radius 1 is 1.50 bits per heavy atom. The molecule has 3 N–H and O–H groups in total. The molecule has 0 radical (unpaired) electrons. The van der Waals surface area contributed by atoms with Crippen LogP contribution in [0.2, 0.25) is 0 Å². The molecule has 1 heterocycles. The number of fused-ring (bicyclic) bond motifs is 1. The van der Waals surface area contributed by atoms with Crippen LogP contribution in [0.4, 0.5) is 8.78 Å². The van der Waals surface area contributed by atoms with Gasteiger partial charge in [0.25, 0.3) is 17.4 Å². The average Bonchev–Trinajstić information content (AvgIpc) is 2.16. The van der Waals surface area contributed by atoms with E-state index in [9.17, 15) is 18.4 Å². The van der Waals surface area contributed by atoms with Gasteiger partial charge in [-0.25, -0.2) is 8.78 Å². The summed E-state index contributed by atoms with van der Waals surface area (Å²) < 4.78 is 26.2. The van der Waals surface area contributed by atoms with Gasteiger partial charge in [-0.15, -0.1) is 0 Å². The van der Waals surface area contributed by atoms with Gasteiger partial charge in [0.1, 0.15) is 5.56 Å². The van der Waals surface area contributed by atoms with Crippen molar-refractivity contribution in [1.82, 2.24) is 4.98 Å². The van der Waals surface area contributed by atoms with Crippen LogP contribution in [0, 0.1) is 0 Å². The third kappa shape index (κ3) is 1.82. The van der Waals surface area contributed by atoms with Crippen molar-refractivity contribution in [2.75, 3.05) is 0 Å². The minimum absolute atomic E-state index is 0.108. The third-order valence-electron chi connectivity index (χ3n) is 2.67. The van der Waals surface area contributed by atoms with Gasteiger partial charge in [-0.05, 0) is 18.1 Å². The van der Waals surface area contributed by atoms with E-state index in [2.05, 4.69) is 4.98 Å². The maximum absolute atomic E-state index is 13.1. The van der Waals surface area contributed by atoms with Crippen molar-refractivity contribution >= 4 is 5.91 Å². The van der Waals surface area contributed by atoms with E-state index in [1.807, 2.05) is 0 Å². The summed E-state index contributed by atoms with van der Waals surface area (Å²) in [6.45, 7) is 0. The third-order valence-corrected chi connectivity index (χ3v) is 2.67. The molecule has 1 aliphatic rings. The van der Waals surface area contributed by atoms with Gasteiger partial charge in [-0.2, -0.15) is 0 Å². The molecule has 0 atom stereocenters. The number of amides is 1. The minimum atomic E-state index is -2.78. The van der Waals surface area contributed by atoms with Crippen molar-refractivity contribution in [2.24, 2.45) is 5.73 Å². The first-order chi connectivity index (χ1) is 7.39. The summed E-state index contributed by atoms with van der Waals surface area (Å²) in [4.78, 5) is 24.7. The molecule has 0 spiro atoms. The van der Waals surface area contributed by atoms with Gasteiger partial charge in [0.05, 0.1) is 0 Å². The van der Waals surface area contributed by atoms with Crippen molar-refractivity contribution in [1.29, 1.82) is 0 Å². The fraction of sp³-hybridized carbons (Fsp3) is 0.400. The largest absolute Gasteiger partial charge is 0.365 e. The molecule has 16 heavy (non-hydrogen) atoms. The van der Waals surface area contributed by atoms with Crippen LogP contribution in [-0.2, 0) is 12.8 Å². The second-order valence-electron chi connectivity index (χ2n) is 3.91. The van der Waals surface area contributed by atoms with Crippen LogP contribution < -0.4 is 11.3 Å². The first kappa shape index (κ1) is 10.8. The predicted molar refractivity (Wildman–Crippen MR) is 52.6 cm³/mol. The molecule has 0 saturated carbocycles. The van der Waals surface area contributed by atoms with Gasteiger partial charge in [0, 0.05) is 18.5 Å². The van der Waals surface area contributed by atoms with Crippen LogP contribution in [-0.4, -0.2) is 16.8 Å². The number of aromatic amines is 1. The fourth-order valence-corrected chi connectivity index (χ4v) is 1.85. The normalized spacial score (nSPS) is 17.9. The van der Waals surface area contributed by atoms with Crippen molar-refractivity contribution in [2.45, 2.75) is 25.2 Å². The van der Waals surface area contributed by atoms with Crippen LogP contribution in [0.1, 0.15) is 28.0 Å². The highest BCUT2D eigenvalue weighted by Gasteiger charge is 2.34. The zero-order valence-electron chi connectivity index (χ0n) is 8.35. The molecule has 1 aromatic heterocycles. The molecule has 2 rings (SSSR count). The Kier molecular flexibility index (Phi) is 2.29. The summed E-state index contributed by atoms with van der Waals surface area (Å²) in [6.07, 6.45) is -0.637. The van der Waals surface area contributed by atoms with Gasteiger partial charge < -0.3 is 10.7 Å². The molecule has 0 aromatic carbocycles. The van der Waals surface area contributed by atoms with Gasteiger partial charge in [-0.3, -0.25) is 9.59 Å². The van der Waals surface area contributed by atoms with Crippen molar-refractivity contribution in [3.63, 3.8) is 0 Å². The maximum Gasteiger partial charge on any atom is 0.261 e. The molecule has 86 valence electrons. The SMILES string of the molecule is NC(=O)c1cc2c([nH]c1=O)CCC(F)(F)C2. The lowest BCUT2D eigenvalue weighted by Gasteiger charge is -2.23. The number of alkyl halides is 2. The van der Waals surface area contributed by atoms with Crippen LogP contribution >= 0.6 is 0 Å². The summed E-state index contributed by atoms with van der Waals surface area (Å²) in [5.74, 6) is -3.68. The number of pyridine rings is 1. The molecular weight excluding hydrogens is 218 g/mol. The molecule has 4 nitrogen and oxygen atoms in total. The zero-order valence-corrected chi connectivity index (χ0v) is 8.35. The molecule has 0 aliphatic heterocycles.